The van der Waals surface area contributed by atoms with Crippen molar-refractivity contribution >= 4 is 5.90 Å². The maximum atomic E-state index is 5.87. The van der Waals surface area contributed by atoms with Crippen molar-refractivity contribution in [3.05, 3.63) is 59.7 Å². The molecule has 0 saturated carbocycles. The monoisotopic (exact) mass is 350 g/mol. The molecule has 0 spiro atoms. The molecule has 0 bridgehead atoms. The fraction of sp³-hybridized carbons (Fsp3) is 0.435. The number of ether oxygens (including phenoxy) is 1. The van der Waals surface area contributed by atoms with Crippen molar-refractivity contribution in [2.45, 2.75) is 52.7 Å². The first-order valence-corrected chi connectivity index (χ1v) is 9.50. The van der Waals surface area contributed by atoms with Gasteiger partial charge in [0.1, 0.15) is 6.61 Å². The van der Waals surface area contributed by atoms with E-state index in [4.69, 9.17) is 9.73 Å². The molecule has 3 rings (SSSR count). The van der Waals surface area contributed by atoms with Gasteiger partial charge in [0.15, 0.2) is 0 Å². The van der Waals surface area contributed by atoms with Gasteiger partial charge in [-0.2, -0.15) is 0 Å². The van der Waals surface area contributed by atoms with Gasteiger partial charge in [0, 0.05) is 18.2 Å². The van der Waals surface area contributed by atoms with Gasteiger partial charge in [-0.1, -0.05) is 56.3 Å². The van der Waals surface area contributed by atoms with Crippen LogP contribution in [-0.2, 0) is 11.3 Å². The van der Waals surface area contributed by atoms with Crippen LogP contribution in [0.25, 0.3) is 11.1 Å². The molecule has 1 aliphatic heterocycles. The third-order valence-corrected chi connectivity index (χ3v) is 5.02. The average molecular weight is 351 g/mol. The van der Waals surface area contributed by atoms with Crippen molar-refractivity contribution in [1.82, 2.24) is 5.32 Å². The van der Waals surface area contributed by atoms with Crippen LogP contribution in [0.1, 0.15) is 45.7 Å². The first-order chi connectivity index (χ1) is 12.4. The summed E-state index contributed by atoms with van der Waals surface area (Å²) < 4.78 is 5.87. The zero-order chi connectivity index (χ0) is 18.7. The highest BCUT2D eigenvalue weighted by Crippen LogP contribution is 2.28. The van der Waals surface area contributed by atoms with Crippen LogP contribution < -0.4 is 5.32 Å². The first-order valence-electron chi connectivity index (χ1n) is 9.50. The SMILES string of the molecule is CC(C)C(C)NCc1ccc(-c2ccccc2C2=NC(C)(C)CO2)cc1. The summed E-state index contributed by atoms with van der Waals surface area (Å²) >= 11 is 0. The smallest absolute Gasteiger partial charge is 0.217 e. The summed E-state index contributed by atoms with van der Waals surface area (Å²) in [5, 5.41) is 3.58. The molecule has 3 heteroatoms. The molecule has 2 aromatic rings. The Balaban J connectivity index is 1.80. The van der Waals surface area contributed by atoms with Crippen LogP contribution >= 0.6 is 0 Å². The number of aliphatic imine (C=N–C) groups is 1. The number of nitrogens with one attached hydrogen (secondary N) is 1. The molecule has 1 atom stereocenters. The van der Waals surface area contributed by atoms with E-state index in [1.54, 1.807) is 0 Å². The zero-order valence-electron chi connectivity index (χ0n) is 16.5. The number of nitrogens with zero attached hydrogens (tertiary/aromatic N) is 1. The largest absolute Gasteiger partial charge is 0.475 e. The summed E-state index contributed by atoms with van der Waals surface area (Å²) in [6, 6.07) is 17.6. The van der Waals surface area contributed by atoms with Crippen molar-refractivity contribution in [1.29, 1.82) is 0 Å². The van der Waals surface area contributed by atoms with Gasteiger partial charge in [-0.25, -0.2) is 4.99 Å². The highest BCUT2D eigenvalue weighted by molar-refractivity contribution is 6.01. The Morgan fingerprint density at radius 2 is 1.65 bits per heavy atom. The molecular weight excluding hydrogens is 320 g/mol. The van der Waals surface area contributed by atoms with Crippen molar-refractivity contribution < 1.29 is 4.74 Å². The minimum atomic E-state index is -0.148. The molecule has 1 heterocycles. The Labute approximate surface area is 157 Å². The quantitative estimate of drug-likeness (QED) is 0.791. The molecule has 1 N–H and O–H groups in total. The first kappa shape index (κ1) is 18.7. The van der Waals surface area contributed by atoms with Crippen LogP contribution in [-0.4, -0.2) is 24.1 Å². The lowest BCUT2D eigenvalue weighted by atomic mass is 9.98. The summed E-state index contributed by atoms with van der Waals surface area (Å²) in [5.41, 5.74) is 4.58. The highest BCUT2D eigenvalue weighted by Gasteiger charge is 2.28. The van der Waals surface area contributed by atoms with Gasteiger partial charge in [0.2, 0.25) is 5.90 Å². The van der Waals surface area contributed by atoms with Crippen molar-refractivity contribution in [3.63, 3.8) is 0 Å². The van der Waals surface area contributed by atoms with E-state index in [-0.39, 0.29) is 5.54 Å². The molecule has 0 amide bonds. The summed E-state index contributed by atoms with van der Waals surface area (Å²) in [5.74, 6) is 1.39. The van der Waals surface area contributed by atoms with E-state index >= 15 is 0 Å². The summed E-state index contributed by atoms with van der Waals surface area (Å²) in [4.78, 5) is 4.74. The van der Waals surface area contributed by atoms with Gasteiger partial charge in [-0.15, -0.1) is 0 Å². The molecular formula is C23H30N2O. The Kier molecular flexibility index (Phi) is 5.47. The van der Waals surface area contributed by atoms with E-state index in [0.29, 0.717) is 18.6 Å². The van der Waals surface area contributed by atoms with Crippen LogP contribution in [0.4, 0.5) is 0 Å². The Hall–Kier alpha value is -2.13. The normalized spacial score (nSPS) is 17.1. The molecule has 0 aromatic heterocycles. The van der Waals surface area contributed by atoms with Gasteiger partial charge in [0.25, 0.3) is 0 Å². The maximum absolute atomic E-state index is 5.87. The fourth-order valence-electron chi connectivity index (χ4n) is 2.96. The second kappa shape index (κ2) is 7.63. The number of rotatable bonds is 6. The summed E-state index contributed by atoms with van der Waals surface area (Å²) in [7, 11) is 0. The molecule has 26 heavy (non-hydrogen) atoms. The van der Waals surface area contributed by atoms with Gasteiger partial charge in [-0.3, -0.25) is 0 Å². The van der Waals surface area contributed by atoms with Crippen molar-refractivity contribution in [2.75, 3.05) is 6.61 Å². The maximum Gasteiger partial charge on any atom is 0.217 e. The van der Waals surface area contributed by atoms with E-state index in [0.717, 1.165) is 18.0 Å². The molecule has 3 nitrogen and oxygen atoms in total. The number of benzene rings is 2. The molecule has 0 fully saturated rings. The van der Waals surface area contributed by atoms with E-state index in [9.17, 15) is 0 Å². The lowest BCUT2D eigenvalue weighted by Crippen LogP contribution is -2.30. The number of hydrogen-bond acceptors (Lipinski definition) is 3. The van der Waals surface area contributed by atoms with E-state index in [1.165, 1.54) is 16.7 Å². The predicted molar refractivity (Wildman–Crippen MR) is 110 cm³/mol. The second-order valence-electron chi connectivity index (χ2n) is 8.17. The topological polar surface area (TPSA) is 33.6 Å². The molecule has 1 aliphatic rings. The lowest BCUT2D eigenvalue weighted by molar-refractivity contribution is 0.279. The van der Waals surface area contributed by atoms with Crippen molar-refractivity contribution in [2.24, 2.45) is 10.9 Å². The van der Waals surface area contributed by atoms with Crippen LogP contribution in [0.3, 0.4) is 0 Å². The molecule has 1 unspecified atom stereocenters. The minimum absolute atomic E-state index is 0.148. The second-order valence-corrected chi connectivity index (χ2v) is 8.17. The average Bonchev–Trinajstić information content (AvgIpc) is 3.00. The van der Waals surface area contributed by atoms with Crippen LogP contribution in [0.15, 0.2) is 53.5 Å². The van der Waals surface area contributed by atoms with E-state index < -0.39 is 0 Å². The Bertz CT molecular complexity index is 775. The predicted octanol–water partition coefficient (Wildman–Crippen LogP) is 5.04. The lowest BCUT2D eigenvalue weighted by Gasteiger charge is -2.17. The standard InChI is InChI=1S/C23H30N2O/c1-16(2)17(3)24-14-18-10-12-19(13-11-18)20-8-6-7-9-21(20)22-25-23(4,5)15-26-22/h6-13,16-17,24H,14-15H2,1-5H3. The van der Waals surface area contributed by atoms with Crippen LogP contribution in [0.2, 0.25) is 0 Å². The molecule has 2 aromatic carbocycles. The number of hydrogen-bond donors (Lipinski definition) is 1. The third kappa shape index (κ3) is 4.34. The highest BCUT2D eigenvalue weighted by atomic mass is 16.5. The summed E-state index contributed by atoms with van der Waals surface area (Å²) in [6.07, 6.45) is 0. The van der Waals surface area contributed by atoms with Gasteiger partial charge < -0.3 is 10.1 Å². The molecule has 138 valence electrons. The zero-order valence-corrected chi connectivity index (χ0v) is 16.5. The molecule has 0 radical (unpaired) electrons. The third-order valence-electron chi connectivity index (χ3n) is 5.02. The van der Waals surface area contributed by atoms with E-state index in [1.807, 2.05) is 6.07 Å². The van der Waals surface area contributed by atoms with Gasteiger partial charge in [-0.05, 0) is 49.4 Å². The fourth-order valence-corrected chi connectivity index (χ4v) is 2.96. The molecule has 0 aliphatic carbocycles. The van der Waals surface area contributed by atoms with Gasteiger partial charge >= 0.3 is 0 Å². The van der Waals surface area contributed by atoms with Crippen LogP contribution in [0.5, 0.6) is 0 Å². The Morgan fingerprint density at radius 1 is 1.00 bits per heavy atom. The Morgan fingerprint density at radius 3 is 2.23 bits per heavy atom. The molecule has 0 saturated heterocycles. The minimum Gasteiger partial charge on any atom is -0.475 e. The van der Waals surface area contributed by atoms with E-state index in [2.05, 4.69) is 82.4 Å². The summed E-state index contributed by atoms with van der Waals surface area (Å²) in [6.45, 7) is 12.4. The van der Waals surface area contributed by atoms with Crippen LogP contribution in [0, 0.1) is 5.92 Å². The van der Waals surface area contributed by atoms with Crippen molar-refractivity contribution in [3.8, 4) is 11.1 Å². The van der Waals surface area contributed by atoms with Gasteiger partial charge in [0.05, 0.1) is 5.54 Å².